The molecule has 1 fully saturated rings. The average Bonchev–Trinajstić information content (AvgIpc) is 2.73. The first-order valence-corrected chi connectivity index (χ1v) is 3.95. The molecule has 1 heteroatoms. The molecule has 0 bridgehead atoms. The van der Waals surface area contributed by atoms with E-state index in [-0.39, 0.29) is 0 Å². The smallest absolute Gasteiger partial charge is 0.0245 e. The number of rotatable bonds is 3. The number of hydrogen-bond donors (Lipinski definition) is 1. The molecule has 1 unspecified atom stereocenters. The van der Waals surface area contributed by atoms with Crippen LogP contribution in [0.15, 0.2) is 0 Å². The van der Waals surface area contributed by atoms with E-state index in [1.165, 1.54) is 12.8 Å². The second-order valence-corrected chi connectivity index (χ2v) is 2.86. The van der Waals surface area contributed by atoms with E-state index < -0.39 is 0 Å². The summed E-state index contributed by atoms with van der Waals surface area (Å²) < 4.78 is 0. The molecule has 56 valence electrons. The lowest BCUT2D eigenvalue weighted by Crippen LogP contribution is -2.26. The van der Waals surface area contributed by atoms with Gasteiger partial charge < -0.3 is 5.32 Å². The van der Waals surface area contributed by atoms with Gasteiger partial charge in [-0.3, -0.25) is 0 Å². The topological polar surface area (TPSA) is 12.0 Å². The van der Waals surface area contributed by atoms with Crippen LogP contribution >= 0.6 is 0 Å². The molecule has 1 aliphatic carbocycles. The highest BCUT2D eigenvalue weighted by molar-refractivity contribution is 5.01. The quantitative estimate of drug-likeness (QED) is 0.580. The van der Waals surface area contributed by atoms with Crippen molar-refractivity contribution in [3.05, 3.63) is 0 Å². The molecule has 0 spiro atoms. The van der Waals surface area contributed by atoms with E-state index >= 15 is 0 Å². The van der Waals surface area contributed by atoms with Gasteiger partial charge in [-0.2, -0.15) is 0 Å². The molecule has 0 aliphatic heterocycles. The van der Waals surface area contributed by atoms with E-state index in [1.807, 2.05) is 14.0 Å². The van der Waals surface area contributed by atoms with Crippen molar-refractivity contribution in [2.24, 2.45) is 5.92 Å². The van der Waals surface area contributed by atoms with Crippen molar-refractivity contribution in [2.45, 2.75) is 32.2 Å². The summed E-state index contributed by atoms with van der Waals surface area (Å²) >= 11 is 0. The molecular weight excluding hydrogens is 122 g/mol. The van der Waals surface area contributed by atoms with Gasteiger partial charge in [0.15, 0.2) is 0 Å². The van der Waals surface area contributed by atoms with E-state index in [0.29, 0.717) is 6.04 Å². The predicted octanol–water partition coefficient (Wildman–Crippen LogP) is 1.40. The van der Waals surface area contributed by atoms with Gasteiger partial charge in [0.1, 0.15) is 0 Å². The fourth-order valence-corrected chi connectivity index (χ4v) is 1.22. The lowest BCUT2D eigenvalue weighted by Gasteiger charge is -2.10. The minimum Gasteiger partial charge on any atom is -0.316 e. The van der Waals surface area contributed by atoms with Crippen LogP contribution in [0.3, 0.4) is 0 Å². The second kappa shape index (κ2) is 3.63. The van der Waals surface area contributed by atoms with Crippen LogP contribution in [-0.2, 0) is 0 Å². The van der Waals surface area contributed by atoms with Gasteiger partial charge in [0, 0.05) is 12.5 Å². The third-order valence-corrected chi connectivity index (χ3v) is 2.06. The van der Waals surface area contributed by atoms with Gasteiger partial charge in [0.2, 0.25) is 0 Å². The molecule has 0 aromatic heterocycles. The van der Waals surface area contributed by atoms with Crippen molar-refractivity contribution in [3.63, 3.8) is 0 Å². The van der Waals surface area contributed by atoms with E-state index in [2.05, 4.69) is 17.2 Å². The molecule has 0 aromatic rings. The van der Waals surface area contributed by atoms with Gasteiger partial charge in [0.25, 0.3) is 0 Å². The maximum Gasteiger partial charge on any atom is 0.0245 e. The summed E-state index contributed by atoms with van der Waals surface area (Å²) in [5.41, 5.74) is 0. The first kappa shape index (κ1) is 7.63. The molecule has 10 heavy (non-hydrogen) atoms. The standard InChI is InChI=1S/C9H15N/c1-3-4-5-9(10-2)8-6-7-8/h8-10H,5-7H2,1-2H3. The Morgan fingerprint density at radius 3 is 2.70 bits per heavy atom. The van der Waals surface area contributed by atoms with Crippen LogP contribution in [0.1, 0.15) is 26.2 Å². The van der Waals surface area contributed by atoms with Crippen LogP contribution in [0.5, 0.6) is 0 Å². The van der Waals surface area contributed by atoms with Crippen LogP contribution in [0.4, 0.5) is 0 Å². The Morgan fingerprint density at radius 2 is 2.30 bits per heavy atom. The Bertz CT molecular complexity index is 148. The monoisotopic (exact) mass is 137 g/mol. The van der Waals surface area contributed by atoms with Crippen LogP contribution in [0, 0.1) is 17.8 Å². The molecule has 0 amide bonds. The molecule has 0 heterocycles. The average molecular weight is 137 g/mol. The summed E-state index contributed by atoms with van der Waals surface area (Å²) in [7, 11) is 2.03. The van der Waals surface area contributed by atoms with Gasteiger partial charge in [-0.1, -0.05) is 0 Å². The third-order valence-electron chi connectivity index (χ3n) is 2.06. The zero-order chi connectivity index (χ0) is 7.40. The van der Waals surface area contributed by atoms with Crippen molar-refractivity contribution >= 4 is 0 Å². The zero-order valence-corrected chi connectivity index (χ0v) is 6.78. The number of nitrogens with one attached hydrogen (secondary N) is 1. The lowest BCUT2D eigenvalue weighted by molar-refractivity contribution is 0.514. The van der Waals surface area contributed by atoms with Crippen molar-refractivity contribution in [2.75, 3.05) is 7.05 Å². The summed E-state index contributed by atoms with van der Waals surface area (Å²) in [6.45, 7) is 1.90. The zero-order valence-electron chi connectivity index (χ0n) is 6.78. The van der Waals surface area contributed by atoms with Gasteiger partial charge in [-0.15, -0.1) is 11.8 Å². The van der Waals surface area contributed by atoms with Gasteiger partial charge in [0.05, 0.1) is 0 Å². The molecule has 0 saturated heterocycles. The summed E-state index contributed by atoms with van der Waals surface area (Å²) in [4.78, 5) is 0. The SMILES string of the molecule is CC#CCC(NC)C1CC1. The minimum atomic E-state index is 0.660. The number of hydrogen-bond acceptors (Lipinski definition) is 1. The first-order chi connectivity index (χ1) is 4.88. The van der Waals surface area contributed by atoms with Gasteiger partial charge in [-0.05, 0) is 32.7 Å². The van der Waals surface area contributed by atoms with Crippen molar-refractivity contribution in [1.29, 1.82) is 0 Å². The highest BCUT2D eigenvalue weighted by atomic mass is 14.9. The van der Waals surface area contributed by atoms with Crippen LogP contribution in [-0.4, -0.2) is 13.1 Å². The van der Waals surface area contributed by atoms with E-state index in [4.69, 9.17) is 0 Å². The molecule has 1 atom stereocenters. The Balaban J connectivity index is 2.23. The maximum absolute atomic E-state index is 3.30. The summed E-state index contributed by atoms with van der Waals surface area (Å²) in [6, 6.07) is 0.660. The van der Waals surface area contributed by atoms with E-state index in [0.717, 1.165) is 12.3 Å². The summed E-state index contributed by atoms with van der Waals surface area (Å²) in [5.74, 6) is 6.96. The lowest BCUT2D eigenvalue weighted by atomic mass is 10.1. The van der Waals surface area contributed by atoms with Crippen molar-refractivity contribution < 1.29 is 0 Å². The summed E-state index contributed by atoms with van der Waals surface area (Å²) in [5, 5.41) is 3.30. The third kappa shape index (κ3) is 2.04. The first-order valence-electron chi connectivity index (χ1n) is 3.95. The Labute approximate surface area is 63.2 Å². The van der Waals surface area contributed by atoms with Gasteiger partial charge >= 0.3 is 0 Å². The van der Waals surface area contributed by atoms with Crippen LogP contribution in [0.2, 0.25) is 0 Å². The molecular formula is C9H15N. The molecule has 0 aromatic carbocycles. The molecule has 1 saturated carbocycles. The predicted molar refractivity (Wildman–Crippen MR) is 43.6 cm³/mol. The normalized spacial score (nSPS) is 19.4. The maximum atomic E-state index is 3.30. The Morgan fingerprint density at radius 1 is 1.60 bits per heavy atom. The minimum absolute atomic E-state index is 0.660. The fourth-order valence-electron chi connectivity index (χ4n) is 1.22. The Hall–Kier alpha value is -0.480. The Kier molecular flexibility index (Phi) is 2.77. The highest BCUT2D eigenvalue weighted by Crippen LogP contribution is 2.33. The van der Waals surface area contributed by atoms with Crippen molar-refractivity contribution in [1.82, 2.24) is 5.32 Å². The second-order valence-electron chi connectivity index (χ2n) is 2.86. The molecule has 1 rings (SSSR count). The highest BCUT2D eigenvalue weighted by Gasteiger charge is 2.28. The fraction of sp³-hybridized carbons (Fsp3) is 0.778. The summed E-state index contributed by atoms with van der Waals surface area (Å²) in [6.07, 6.45) is 3.82. The largest absolute Gasteiger partial charge is 0.316 e. The molecule has 1 aliphatic rings. The van der Waals surface area contributed by atoms with Crippen molar-refractivity contribution in [3.8, 4) is 11.8 Å². The molecule has 1 nitrogen and oxygen atoms in total. The van der Waals surface area contributed by atoms with E-state index in [1.54, 1.807) is 0 Å². The van der Waals surface area contributed by atoms with Crippen LogP contribution < -0.4 is 5.32 Å². The van der Waals surface area contributed by atoms with E-state index in [9.17, 15) is 0 Å². The van der Waals surface area contributed by atoms with Crippen LogP contribution in [0.25, 0.3) is 0 Å². The molecule has 0 radical (unpaired) electrons. The van der Waals surface area contributed by atoms with Gasteiger partial charge in [-0.25, -0.2) is 0 Å². The molecule has 1 N–H and O–H groups in total.